The molecule has 2 atom stereocenters. The molecule has 1 amide bonds. The molecule has 5 heteroatoms. The number of amides is 1. The molecule has 0 saturated carbocycles. The quantitative estimate of drug-likeness (QED) is 0.893. The van der Waals surface area contributed by atoms with Gasteiger partial charge in [-0.25, -0.2) is 4.39 Å². The highest BCUT2D eigenvalue weighted by Crippen LogP contribution is 2.32. The van der Waals surface area contributed by atoms with E-state index in [1.54, 1.807) is 0 Å². The van der Waals surface area contributed by atoms with E-state index in [-0.39, 0.29) is 24.3 Å². The van der Waals surface area contributed by atoms with Crippen molar-refractivity contribution in [2.24, 2.45) is 5.92 Å². The molecule has 0 bridgehead atoms. The first-order chi connectivity index (χ1) is 11.1. The fraction of sp³-hybridized carbons (Fsp3) is 0.632. The molecule has 2 saturated heterocycles. The van der Waals surface area contributed by atoms with Gasteiger partial charge in [0.05, 0.1) is 0 Å². The zero-order valence-corrected chi connectivity index (χ0v) is 15.2. The number of carbonyl (C=O) groups is 1. The number of benzene rings is 1. The summed E-state index contributed by atoms with van der Waals surface area (Å²) in [7, 11) is 0. The summed E-state index contributed by atoms with van der Waals surface area (Å²) in [5.41, 5.74) is 1.15. The van der Waals surface area contributed by atoms with Crippen LogP contribution in [0.4, 0.5) is 4.39 Å². The summed E-state index contributed by atoms with van der Waals surface area (Å²) < 4.78 is 13.1. The Hall–Kier alpha value is -1.13. The number of halogens is 2. The lowest BCUT2D eigenvalue weighted by atomic mass is 9.93. The van der Waals surface area contributed by atoms with Crippen molar-refractivity contribution >= 4 is 18.3 Å². The molecule has 2 aliphatic rings. The van der Waals surface area contributed by atoms with Crippen molar-refractivity contribution in [1.29, 1.82) is 0 Å². The second-order valence-electron chi connectivity index (χ2n) is 7.11. The van der Waals surface area contributed by atoms with Crippen molar-refractivity contribution in [3.8, 4) is 0 Å². The Morgan fingerprint density at radius 3 is 2.58 bits per heavy atom. The standard InChI is InChI=1S/C19H27FN2O.ClH/c1-14-12-17(16-3-5-18(20)6-4-16)13-22(14)19(23)7-2-15-8-10-21-11-9-15;/h3-6,14-15,17,21H,2,7-13H2,1H3;1H. The first-order valence-electron chi connectivity index (χ1n) is 8.89. The van der Waals surface area contributed by atoms with Gasteiger partial charge in [0.2, 0.25) is 5.91 Å². The van der Waals surface area contributed by atoms with Crippen molar-refractivity contribution in [3.63, 3.8) is 0 Å². The summed E-state index contributed by atoms with van der Waals surface area (Å²) in [6, 6.07) is 7.03. The summed E-state index contributed by atoms with van der Waals surface area (Å²) in [4.78, 5) is 14.6. The molecule has 2 fully saturated rings. The highest BCUT2D eigenvalue weighted by molar-refractivity contribution is 5.85. The van der Waals surface area contributed by atoms with Crippen LogP contribution in [0, 0.1) is 11.7 Å². The summed E-state index contributed by atoms with van der Waals surface area (Å²) >= 11 is 0. The second-order valence-corrected chi connectivity index (χ2v) is 7.11. The van der Waals surface area contributed by atoms with Gasteiger partial charge >= 0.3 is 0 Å². The number of hydrogen-bond acceptors (Lipinski definition) is 2. The number of piperidine rings is 1. The van der Waals surface area contributed by atoms with E-state index in [9.17, 15) is 9.18 Å². The zero-order valence-electron chi connectivity index (χ0n) is 14.3. The number of likely N-dealkylation sites (tertiary alicyclic amines) is 1. The van der Waals surface area contributed by atoms with E-state index in [0.717, 1.165) is 38.0 Å². The van der Waals surface area contributed by atoms with E-state index in [1.165, 1.54) is 25.0 Å². The maximum atomic E-state index is 13.1. The smallest absolute Gasteiger partial charge is 0.222 e. The monoisotopic (exact) mass is 354 g/mol. The van der Waals surface area contributed by atoms with Crippen LogP contribution in [0.2, 0.25) is 0 Å². The Bertz CT molecular complexity index is 531. The Morgan fingerprint density at radius 1 is 1.25 bits per heavy atom. The fourth-order valence-corrected chi connectivity index (χ4v) is 4.00. The first kappa shape index (κ1) is 19.2. The van der Waals surface area contributed by atoms with Crippen LogP contribution >= 0.6 is 12.4 Å². The van der Waals surface area contributed by atoms with Crippen LogP contribution in [0.1, 0.15) is 50.5 Å². The van der Waals surface area contributed by atoms with Gasteiger partial charge < -0.3 is 10.2 Å². The molecular formula is C19H28ClFN2O. The molecule has 1 aromatic carbocycles. The molecule has 0 aromatic heterocycles. The van der Waals surface area contributed by atoms with Crippen LogP contribution in [0.25, 0.3) is 0 Å². The van der Waals surface area contributed by atoms with E-state index in [1.807, 2.05) is 17.0 Å². The van der Waals surface area contributed by atoms with Crippen LogP contribution in [-0.2, 0) is 4.79 Å². The molecular weight excluding hydrogens is 327 g/mol. The summed E-state index contributed by atoms with van der Waals surface area (Å²) in [5.74, 6) is 1.13. The maximum Gasteiger partial charge on any atom is 0.222 e. The number of nitrogens with one attached hydrogen (secondary N) is 1. The van der Waals surface area contributed by atoms with E-state index >= 15 is 0 Å². The predicted octanol–water partition coefficient (Wildman–Crippen LogP) is 3.73. The maximum absolute atomic E-state index is 13.1. The Balaban J connectivity index is 0.00000208. The first-order valence-corrected chi connectivity index (χ1v) is 8.89. The van der Waals surface area contributed by atoms with Gasteiger partial charge in [-0.15, -0.1) is 12.4 Å². The van der Waals surface area contributed by atoms with Crippen molar-refractivity contribution in [2.75, 3.05) is 19.6 Å². The van der Waals surface area contributed by atoms with Gasteiger partial charge in [0.25, 0.3) is 0 Å². The number of hydrogen-bond donors (Lipinski definition) is 1. The van der Waals surface area contributed by atoms with Gasteiger partial charge in [0.1, 0.15) is 5.82 Å². The van der Waals surface area contributed by atoms with E-state index in [4.69, 9.17) is 0 Å². The normalized spacial score (nSPS) is 24.7. The van der Waals surface area contributed by atoms with Gasteiger partial charge in [0.15, 0.2) is 0 Å². The van der Waals surface area contributed by atoms with Crippen molar-refractivity contribution < 1.29 is 9.18 Å². The molecule has 24 heavy (non-hydrogen) atoms. The van der Waals surface area contributed by atoms with Gasteiger partial charge in [0, 0.05) is 24.9 Å². The average Bonchev–Trinajstić information content (AvgIpc) is 2.96. The van der Waals surface area contributed by atoms with Gasteiger partial charge in [-0.2, -0.15) is 0 Å². The third kappa shape index (κ3) is 4.70. The van der Waals surface area contributed by atoms with Gasteiger partial charge in [-0.1, -0.05) is 12.1 Å². The number of nitrogens with zero attached hydrogens (tertiary/aromatic N) is 1. The van der Waals surface area contributed by atoms with Gasteiger partial charge in [-0.05, 0) is 69.3 Å². The van der Waals surface area contributed by atoms with Crippen LogP contribution in [0.15, 0.2) is 24.3 Å². The average molecular weight is 355 g/mol. The molecule has 3 rings (SSSR count). The molecule has 1 N–H and O–H groups in total. The van der Waals surface area contributed by atoms with Crippen LogP contribution in [0.5, 0.6) is 0 Å². The summed E-state index contributed by atoms with van der Waals surface area (Å²) in [6.45, 7) is 5.08. The van der Waals surface area contributed by atoms with Crippen molar-refractivity contribution in [3.05, 3.63) is 35.6 Å². The highest BCUT2D eigenvalue weighted by Gasteiger charge is 2.33. The Morgan fingerprint density at radius 2 is 1.92 bits per heavy atom. The lowest BCUT2D eigenvalue weighted by Crippen LogP contribution is -2.34. The lowest BCUT2D eigenvalue weighted by molar-refractivity contribution is -0.132. The van der Waals surface area contributed by atoms with Gasteiger partial charge in [-0.3, -0.25) is 4.79 Å². The van der Waals surface area contributed by atoms with Crippen molar-refractivity contribution in [1.82, 2.24) is 10.2 Å². The van der Waals surface area contributed by atoms with E-state index < -0.39 is 0 Å². The number of rotatable bonds is 4. The molecule has 134 valence electrons. The third-order valence-corrected chi connectivity index (χ3v) is 5.46. The zero-order chi connectivity index (χ0) is 16.2. The fourth-order valence-electron chi connectivity index (χ4n) is 4.00. The number of carbonyl (C=O) groups excluding carboxylic acids is 1. The van der Waals surface area contributed by atoms with Crippen LogP contribution < -0.4 is 5.32 Å². The minimum Gasteiger partial charge on any atom is -0.339 e. The predicted molar refractivity (Wildman–Crippen MR) is 97.0 cm³/mol. The summed E-state index contributed by atoms with van der Waals surface area (Å²) in [6.07, 6.45) is 5.06. The second kappa shape index (κ2) is 8.82. The van der Waals surface area contributed by atoms with E-state index in [0.29, 0.717) is 24.2 Å². The van der Waals surface area contributed by atoms with Crippen LogP contribution in [-0.4, -0.2) is 36.5 Å². The Kier molecular flexibility index (Phi) is 7.05. The topological polar surface area (TPSA) is 32.3 Å². The molecule has 2 heterocycles. The van der Waals surface area contributed by atoms with E-state index in [2.05, 4.69) is 12.2 Å². The van der Waals surface area contributed by atoms with Crippen molar-refractivity contribution in [2.45, 2.75) is 51.0 Å². The molecule has 0 radical (unpaired) electrons. The highest BCUT2D eigenvalue weighted by atomic mass is 35.5. The third-order valence-electron chi connectivity index (χ3n) is 5.46. The Labute approximate surface area is 150 Å². The molecule has 1 aromatic rings. The minimum absolute atomic E-state index is 0. The molecule has 2 aliphatic heterocycles. The minimum atomic E-state index is -0.199. The molecule has 0 spiro atoms. The largest absolute Gasteiger partial charge is 0.339 e. The molecule has 0 aliphatic carbocycles. The van der Waals surface area contributed by atoms with Crippen LogP contribution in [0.3, 0.4) is 0 Å². The molecule has 2 unspecified atom stereocenters. The summed E-state index contributed by atoms with van der Waals surface area (Å²) in [5, 5.41) is 3.37. The molecule has 3 nitrogen and oxygen atoms in total. The lowest BCUT2D eigenvalue weighted by Gasteiger charge is -2.25. The SMILES string of the molecule is CC1CC(c2ccc(F)cc2)CN1C(=O)CCC1CCNCC1.Cl.